The zero-order valence-corrected chi connectivity index (χ0v) is 13.0. The first-order valence-electron chi connectivity index (χ1n) is 6.97. The van der Waals surface area contributed by atoms with Crippen LogP contribution in [-0.4, -0.2) is 44.6 Å². The standard InChI is InChI=1S/C13H18ClN7/c1-19-8-5-15-10(19)9-20(2)12-16-11(14)17-13(18-12)21-6-3-4-7-21/h5,8H,3-4,6-7,9H2,1-2H3. The molecule has 3 heterocycles. The first-order valence-corrected chi connectivity index (χ1v) is 7.35. The van der Waals surface area contributed by atoms with Gasteiger partial charge in [-0.15, -0.1) is 0 Å². The molecule has 0 aliphatic carbocycles. The van der Waals surface area contributed by atoms with E-state index in [4.69, 9.17) is 11.6 Å². The smallest absolute Gasteiger partial charge is 0.231 e. The minimum atomic E-state index is 0.230. The average Bonchev–Trinajstić information content (AvgIpc) is 3.11. The Balaban J connectivity index is 1.82. The highest BCUT2D eigenvalue weighted by Gasteiger charge is 2.18. The van der Waals surface area contributed by atoms with Gasteiger partial charge in [0.2, 0.25) is 17.2 Å². The minimum absolute atomic E-state index is 0.230. The highest BCUT2D eigenvalue weighted by molar-refractivity contribution is 6.28. The summed E-state index contributed by atoms with van der Waals surface area (Å²) in [4.78, 5) is 21.4. The van der Waals surface area contributed by atoms with E-state index in [9.17, 15) is 0 Å². The van der Waals surface area contributed by atoms with Gasteiger partial charge < -0.3 is 14.4 Å². The third-order valence-corrected chi connectivity index (χ3v) is 3.78. The van der Waals surface area contributed by atoms with Gasteiger partial charge in [-0.2, -0.15) is 15.0 Å². The Hall–Kier alpha value is -1.89. The molecule has 1 saturated heterocycles. The van der Waals surface area contributed by atoms with Gasteiger partial charge >= 0.3 is 0 Å². The van der Waals surface area contributed by atoms with E-state index >= 15 is 0 Å². The zero-order valence-electron chi connectivity index (χ0n) is 12.2. The van der Waals surface area contributed by atoms with Crippen LogP contribution in [0.2, 0.25) is 5.28 Å². The summed E-state index contributed by atoms with van der Waals surface area (Å²) in [6, 6.07) is 0. The van der Waals surface area contributed by atoms with Crippen LogP contribution in [0.1, 0.15) is 18.7 Å². The van der Waals surface area contributed by atoms with Gasteiger partial charge in [-0.3, -0.25) is 0 Å². The van der Waals surface area contributed by atoms with Gasteiger partial charge in [0.15, 0.2) is 0 Å². The fraction of sp³-hybridized carbons (Fsp3) is 0.538. The first kappa shape index (κ1) is 14.1. The van der Waals surface area contributed by atoms with E-state index in [-0.39, 0.29) is 5.28 Å². The van der Waals surface area contributed by atoms with Gasteiger partial charge in [0.05, 0.1) is 6.54 Å². The summed E-state index contributed by atoms with van der Waals surface area (Å²) in [5.74, 6) is 2.17. The molecule has 7 nitrogen and oxygen atoms in total. The molecule has 3 rings (SSSR count). The van der Waals surface area contributed by atoms with Crippen molar-refractivity contribution in [2.45, 2.75) is 19.4 Å². The van der Waals surface area contributed by atoms with Crippen LogP contribution in [0.5, 0.6) is 0 Å². The second kappa shape index (κ2) is 5.85. The van der Waals surface area contributed by atoms with Crippen LogP contribution in [0.25, 0.3) is 0 Å². The summed E-state index contributed by atoms with van der Waals surface area (Å²) in [5, 5.41) is 0.230. The first-order chi connectivity index (χ1) is 10.1. The van der Waals surface area contributed by atoms with Crippen molar-refractivity contribution in [1.29, 1.82) is 0 Å². The molecule has 0 saturated carbocycles. The third kappa shape index (κ3) is 3.07. The SMILES string of the molecule is CN(Cc1nccn1C)c1nc(Cl)nc(N2CCCC2)n1. The van der Waals surface area contributed by atoms with E-state index in [1.165, 1.54) is 12.8 Å². The summed E-state index contributed by atoms with van der Waals surface area (Å²) in [6.45, 7) is 2.56. The summed E-state index contributed by atoms with van der Waals surface area (Å²) in [5.41, 5.74) is 0. The van der Waals surface area contributed by atoms with Crippen LogP contribution in [-0.2, 0) is 13.6 Å². The molecule has 0 radical (unpaired) electrons. The maximum atomic E-state index is 6.05. The van der Waals surface area contributed by atoms with E-state index < -0.39 is 0 Å². The Morgan fingerprint density at radius 3 is 2.67 bits per heavy atom. The Morgan fingerprint density at radius 2 is 2.00 bits per heavy atom. The molecule has 0 amide bonds. The van der Waals surface area contributed by atoms with Crippen molar-refractivity contribution in [3.8, 4) is 0 Å². The molecular weight excluding hydrogens is 290 g/mol. The molecule has 0 spiro atoms. The van der Waals surface area contributed by atoms with Gasteiger partial charge in [-0.25, -0.2) is 4.98 Å². The molecule has 2 aromatic rings. The van der Waals surface area contributed by atoms with Crippen molar-refractivity contribution < 1.29 is 0 Å². The number of hydrogen-bond donors (Lipinski definition) is 0. The number of aromatic nitrogens is 5. The Labute approximate surface area is 128 Å². The topological polar surface area (TPSA) is 63.0 Å². The van der Waals surface area contributed by atoms with E-state index in [1.807, 2.05) is 29.8 Å². The number of nitrogens with zero attached hydrogens (tertiary/aromatic N) is 7. The van der Waals surface area contributed by atoms with Crippen molar-refractivity contribution in [3.63, 3.8) is 0 Å². The molecule has 0 atom stereocenters. The molecule has 1 aliphatic heterocycles. The summed E-state index contributed by atoms with van der Waals surface area (Å²) < 4.78 is 1.97. The Kier molecular flexibility index (Phi) is 3.92. The number of hydrogen-bond acceptors (Lipinski definition) is 6. The van der Waals surface area contributed by atoms with Crippen LogP contribution in [0.4, 0.5) is 11.9 Å². The van der Waals surface area contributed by atoms with E-state index in [2.05, 4.69) is 24.8 Å². The largest absolute Gasteiger partial charge is 0.341 e. The number of imidazole rings is 1. The number of aryl methyl sites for hydroxylation is 1. The van der Waals surface area contributed by atoms with Crippen LogP contribution in [0.3, 0.4) is 0 Å². The monoisotopic (exact) mass is 307 g/mol. The van der Waals surface area contributed by atoms with E-state index in [0.717, 1.165) is 18.9 Å². The van der Waals surface area contributed by atoms with Crippen molar-refractivity contribution in [2.75, 3.05) is 29.9 Å². The minimum Gasteiger partial charge on any atom is -0.341 e. The van der Waals surface area contributed by atoms with Gasteiger partial charge in [-0.05, 0) is 24.4 Å². The van der Waals surface area contributed by atoms with Crippen molar-refractivity contribution >= 4 is 23.5 Å². The highest BCUT2D eigenvalue weighted by Crippen LogP contribution is 2.20. The van der Waals surface area contributed by atoms with Gasteiger partial charge in [0.25, 0.3) is 0 Å². The normalized spacial score (nSPS) is 14.7. The van der Waals surface area contributed by atoms with Crippen LogP contribution in [0.15, 0.2) is 12.4 Å². The summed E-state index contributed by atoms with van der Waals surface area (Å²) in [6.07, 6.45) is 6.03. The fourth-order valence-electron chi connectivity index (χ4n) is 2.39. The third-order valence-electron chi connectivity index (χ3n) is 3.61. The van der Waals surface area contributed by atoms with E-state index in [1.54, 1.807) is 6.20 Å². The molecule has 1 aliphatic rings. The van der Waals surface area contributed by atoms with Crippen LogP contribution >= 0.6 is 11.6 Å². The number of halogens is 1. The van der Waals surface area contributed by atoms with Gasteiger partial charge in [-0.1, -0.05) is 0 Å². The fourth-order valence-corrected chi connectivity index (χ4v) is 2.54. The zero-order chi connectivity index (χ0) is 14.8. The molecule has 112 valence electrons. The molecule has 0 unspecified atom stereocenters. The summed E-state index contributed by atoms with van der Waals surface area (Å²) >= 11 is 6.05. The highest BCUT2D eigenvalue weighted by atomic mass is 35.5. The lowest BCUT2D eigenvalue weighted by atomic mass is 10.4. The molecule has 0 N–H and O–H groups in total. The van der Waals surface area contributed by atoms with Crippen molar-refractivity contribution in [3.05, 3.63) is 23.5 Å². The average molecular weight is 308 g/mol. The molecule has 8 heteroatoms. The second-order valence-electron chi connectivity index (χ2n) is 5.21. The molecule has 0 aromatic carbocycles. The summed E-state index contributed by atoms with van der Waals surface area (Å²) in [7, 11) is 3.89. The molecular formula is C13H18ClN7. The lowest BCUT2D eigenvalue weighted by Gasteiger charge is -2.20. The molecule has 1 fully saturated rings. The Bertz CT molecular complexity index is 621. The van der Waals surface area contributed by atoms with E-state index in [0.29, 0.717) is 18.4 Å². The lowest BCUT2D eigenvalue weighted by molar-refractivity contribution is 0.741. The Morgan fingerprint density at radius 1 is 1.24 bits per heavy atom. The maximum Gasteiger partial charge on any atom is 0.231 e. The second-order valence-corrected chi connectivity index (χ2v) is 5.55. The quantitative estimate of drug-likeness (QED) is 0.853. The van der Waals surface area contributed by atoms with Crippen LogP contribution < -0.4 is 9.80 Å². The predicted octanol–water partition coefficient (Wildman–Crippen LogP) is 1.50. The van der Waals surface area contributed by atoms with Gasteiger partial charge in [0.1, 0.15) is 5.82 Å². The predicted molar refractivity (Wildman–Crippen MR) is 81.6 cm³/mol. The van der Waals surface area contributed by atoms with Crippen molar-refractivity contribution in [2.24, 2.45) is 7.05 Å². The number of rotatable bonds is 4. The van der Waals surface area contributed by atoms with Crippen molar-refractivity contribution in [1.82, 2.24) is 24.5 Å². The molecule has 2 aromatic heterocycles. The number of anilines is 2. The van der Waals surface area contributed by atoms with Gasteiger partial charge in [0, 0.05) is 39.6 Å². The van der Waals surface area contributed by atoms with Crippen LogP contribution in [0, 0.1) is 0 Å². The maximum absolute atomic E-state index is 6.05. The molecule has 0 bridgehead atoms. The molecule has 21 heavy (non-hydrogen) atoms. The lowest BCUT2D eigenvalue weighted by Crippen LogP contribution is -2.25.